The quantitative estimate of drug-likeness (QED) is 0.250. The molecule has 0 saturated heterocycles. The Morgan fingerprint density at radius 1 is 0.756 bits per heavy atom. The molecule has 0 radical (unpaired) electrons. The molecule has 3 aromatic carbocycles. The maximum atomic E-state index is 12.8. The van der Waals surface area contributed by atoms with Gasteiger partial charge in [-0.15, -0.1) is 0 Å². The van der Waals surface area contributed by atoms with Gasteiger partial charge in [-0.2, -0.15) is 0 Å². The Hall–Kier alpha value is -3.01. The van der Waals surface area contributed by atoms with Crippen molar-refractivity contribution in [2.45, 2.75) is 113 Å². The predicted molar refractivity (Wildman–Crippen MR) is 172 cm³/mol. The molecule has 0 bridgehead atoms. The lowest BCUT2D eigenvalue weighted by atomic mass is 9.96. The van der Waals surface area contributed by atoms with Crippen molar-refractivity contribution in [3.63, 3.8) is 0 Å². The smallest absolute Gasteiger partial charge is 0.306 e. The van der Waals surface area contributed by atoms with E-state index >= 15 is 0 Å². The number of hydrogen-bond donors (Lipinski definition) is 1. The van der Waals surface area contributed by atoms with Crippen LogP contribution in [0.2, 0.25) is 0 Å². The second-order valence-corrected chi connectivity index (χ2v) is 10.1. The molecule has 0 fully saturated rings. The zero-order valence-corrected chi connectivity index (χ0v) is 26.8. The van der Waals surface area contributed by atoms with E-state index in [-0.39, 0.29) is 11.5 Å². The Balaban J connectivity index is 0.000000621. The molecule has 0 aliphatic carbocycles. The van der Waals surface area contributed by atoms with E-state index in [1.165, 1.54) is 60.6 Å². The van der Waals surface area contributed by atoms with Crippen LogP contribution in [0.25, 0.3) is 0 Å². The molecule has 0 amide bonds. The van der Waals surface area contributed by atoms with Gasteiger partial charge < -0.3 is 5.11 Å². The van der Waals surface area contributed by atoms with Gasteiger partial charge in [-0.1, -0.05) is 108 Å². The summed E-state index contributed by atoms with van der Waals surface area (Å²) in [7, 11) is 0. The summed E-state index contributed by atoms with van der Waals surface area (Å²) in [5, 5.41) is 8.50. The molecule has 1 N–H and O–H groups in total. The molecule has 0 heterocycles. The lowest BCUT2D eigenvalue weighted by Crippen LogP contribution is -2.11. The Kier molecular flexibility index (Phi) is 21.0. The normalized spacial score (nSPS) is 10.7. The van der Waals surface area contributed by atoms with Crippen LogP contribution in [-0.2, 0) is 30.5 Å². The third-order valence-corrected chi connectivity index (χ3v) is 6.91. The molecule has 2 nitrogen and oxygen atoms in total. The summed E-state index contributed by atoms with van der Waals surface area (Å²) in [6.45, 7) is 15.6. The van der Waals surface area contributed by atoms with Crippen molar-refractivity contribution in [3.8, 4) is 0 Å². The number of halogens is 2. The molecular formula is C37H54F2O2. The lowest BCUT2D eigenvalue weighted by Gasteiger charge is -2.09. The maximum absolute atomic E-state index is 12.8. The molecule has 0 spiro atoms. The van der Waals surface area contributed by atoms with Crippen molar-refractivity contribution >= 4 is 5.97 Å². The minimum atomic E-state index is -0.653. The molecule has 228 valence electrons. The summed E-state index contributed by atoms with van der Waals surface area (Å²) >= 11 is 0. The molecule has 0 unspecified atom stereocenters. The Labute approximate surface area is 249 Å². The second-order valence-electron chi connectivity index (χ2n) is 10.1. The molecule has 0 aliphatic rings. The molecular weight excluding hydrogens is 514 g/mol. The average Bonchev–Trinajstić information content (AvgIpc) is 2.98. The van der Waals surface area contributed by atoms with Gasteiger partial charge in [0, 0.05) is 5.56 Å². The first-order valence-electron chi connectivity index (χ1n) is 15.5. The first kappa shape index (κ1) is 38.0. The third-order valence-electron chi connectivity index (χ3n) is 6.91. The van der Waals surface area contributed by atoms with Crippen LogP contribution in [0.4, 0.5) is 8.78 Å². The summed E-state index contributed by atoms with van der Waals surface area (Å²) in [5.74, 6) is -1.68. The summed E-state index contributed by atoms with van der Waals surface area (Å²) < 4.78 is 25.6. The number of benzene rings is 3. The van der Waals surface area contributed by atoms with E-state index in [1.54, 1.807) is 0 Å². The van der Waals surface area contributed by atoms with Crippen LogP contribution in [-0.4, -0.2) is 11.1 Å². The van der Waals surface area contributed by atoms with Crippen LogP contribution < -0.4 is 0 Å². The van der Waals surface area contributed by atoms with Crippen molar-refractivity contribution < 1.29 is 18.7 Å². The van der Waals surface area contributed by atoms with Gasteiger partial charge in [0.05, 0.1) is 5.92 Å². The van der Waals surface area contributed by atoms with Crippen LogP contribution in [0.3, 0.4) is 0 Å². The fraction of sp³-hybridized carbons (Fsp3) is 0.486. The van der Waals surface area contributed by atoms with Gasteiger partial charge >= 0.3 is 5.97 Å². The van der Waals surface area contributed by atoms with E-state index in [0.717, 1.165) is 32.1 Å². The molecule has 4 heteroatoms. The fourth-order valence-electron chi connectivity index (χ4n) is 4.31. The number of carbonyl (C=O) groups is 1. The van der Waals surface area contributed by atoms with E-state index in [2.05, 4.69) is 62.4 Å². The predicted octanol–water partition coefficient (Wildman–Crippen LogP) is 10.9. The highest BCUT2D eigenvalue weighted by Crippen LogP contribution is 2.16. The molecule has 0 saturated carbocycles. The summed E-state index contributed by atoms with van der Waals surface area (Å²) in [6, 6.07) is 20.5. The van der Waals surface area contributed by atoms with E-state index in [1.807, 2.05) is 34.6 Å². The van der Waals surface area contributed by atoms with Gasteiger partial charge in [0.15, 0.2) is 0 Å². The largest absolute Gasteiger partial charge is 0.481 e. The van der Waals surface area contributed by atoms with Crippen molar-refractivity contribution in [1.82, 2.24) is 0 Å². The number of unbranched alkanes of at least 4 members (excludes halogenated alkanes) is 1. The van der Waals surface area contributed by atoms with Gasteiger partial charge in [-0.3, -0.25) is 4.79 Å². The summed E-state index contributed by atoms with van der Waals surface area (Å²) in [6.07, 6.45) is 9.27. The highest BCUT2D eigenvalue weighted by Gasteiger charge is 2.12. The first-order chi connectivity index (χ1) is 19.7. The summed E-state index contributed by atoms with van der Waals surface area (Å²) in [5.41, 5.74) is 6.67. The SMILES string of the molecule is CC.CCCCc1ccccc1CCc1cccc(C)c1.CCC[C@H](CC)C(=O)O.CCc1cc(F)c(C)c(F)c1. The van der Waals surface area contributed by atoms with Crippen LogP contribution in [0.5, 0.6) is 0 Å². The molecule has 3 aromatic rings. The molecule has 0 aliphatic heterocycles. The van der Waals surface area contributed by atoms with Crippen LogP contribution in [0.1, 0.15) is 107 Å². The van der Waals surface area contributed by atoms with Crippen molar-refractivity contribution in [2.75, 3.05) is 0 Å². The van der Waals surface area contributed by atoms with Crippen LogP contribution >= 0.6 is 0 Å². The van der Waals surface area contributed by atoms with Gasteiger partial charge in [0.2, 0.25) is 0 Å². The lowest BCUT2D eigenvalue weighted by molar-refractivity contribution is -0.142. The first-order valence-corrected chi connectivity index (χ1v) is 15.5. The van der Waals surface area contributed by atoms with Crippen LogP contribution in [0, 0.1) is 31.4 Å². The van der Waals surface area contributed by atoms with E-state index in [4.69, 9.17) is 5.11 Å². The van der Waals surface area contributed by atoms with Crippen molar-refractivity contribution in [2.24, 2.45) is 5.92 Å². The van der Waals surface area contributed by atoms with Gasteiger partial charge in [0.1, 0.15) is 11.6 Å². The van der Waals surface area contributed by atoms with Crippen LogP contribution in [0.15, 0.2) is 60.7 Å². The van der Waals surface area contributed by atoms with Gasteiger partial charge in [-0.05, 0) is 93.2 Å². The molecule has 3 rings (SSSR count). The Bertz CT molecular complexity index is 1100. The van der Waals surface area contributed by atoms with E-state index in [9.17, 15) is 13.6 Å². The van der Waals surface area contributed by atoms with Gasteiger partial charge in [-0.25, -0.2) is 8.78 Å². The number of aryl methyl sites for hydroxylation is 5. The topological polar surface area (TPSA) is 37.3 Å². The van der Waals surface area contributed by atoms with Gasteiger partial charge in [0.25, 0.3) is 0 Å². The molecule has 41 heavy (non-hydrogen) atoms. The maximum Gasteiger partial charge on any atom is 0.306 e. The van der Waals surface area contributed by atoms with E-state index in [0.29, 0.717) is 12.0 Å². The average molecular weight is 569 g/mol. The fourth-order valence-corrected chi connectivity index (χ4v) is 4.31. The minimum Gasteiger partial charge on any atom is -0.481 e. The number of rotatable bonds is 11. The van der Waals surface area contributed by atoms with E-state index < -0.39 is 17.6 Å². The minimum absolute atomic E-state index is 0.0993. The number of hydrogen-bond acceptors (Lipinski definition) is 1. The monoisotopic (exact) mass is 568 g/mol. The highest BCUT2D eigenvalue weighted by molar-refractivity contribution is 5.69. The zero-order valence-electron chi connectivity index (χ0n) is 26.8. The van der Waals surface area contributed by atoms with Crippen molar-refractivity contribution in [3.05, 3.63) is 106 Å². The number of aliphatic carboxylic acids is 1. The molecule has 1 atom stereocenters. The summed E-state index contributed by atoms with van der Waals surface area (Å²) in [4.78, 5) is 10.3. The Morgan fingerprint density at radius 3 is 1.78 bits per heavy atom. The third kappa shape index (κ3) is 15.5. The highest BCUT2D eigenvalue weighted by atomic mass is 19.1. The van der Waals surface area contributed by atoms with Crippen molar-refractivity contribution in [1.29, 1.82) is 0 Å². The standard InChI is InChI=1S/C19H24.C9H10F2.C7H14O2.C2H6/c1-3-4-10-18-11-5-6-12-19(18)14-13-17-9-7-8-16(2)15-17;1-3-7-4-8(10)6(2)9(11)5-7;1-3-5-6(4-2)7(8)9;1-2/h5-9,11-12,15H,3-4,10,13-14H2,1-2H3;4-5H,3H2,1-2H3;6H,3-5H2,1-2H3,(H,8,9);1-2H3/t;;6-;/m..0./s1. The number of carboxylic acids is 1. The second kappa shape index (κ2) is 22.7. The molecule has 0 aromatic heterocycles. The Morgan fingerprint density at radius 2 is 1.34 bits per heavy atom. The zero-order chi connectivity index (χ0) is 31.2. The number of carboxylic acid groups (broad SMARTS) is 1.